The van der Waals surface area contributed by atoms with E-state index in [1.165, 1.54) is 0 Å². The van der Waals surface area contributed by atoms with Gasteiger partial charge >= 0.3 is 18.2 Å². The van der Waals surface area contributed by atoms with Gasteiger partial charge in [0.05, 0.1) is 12.5 Å². The van der Waals surface area contributed by atoms with Gasteiger partial charge in [-0.1, -0.05) is 30.3 Å². The van der Waals surface area contributed by atoms with E-state index in [-0.39, 0.29) is 0 Å². The van der Waals surface area contributed by atoms with Gasteiger partial charge in [0, 0.05) is 0 Å². The van der Waals surface area contributed by atoms with Gasteiger partial charge in [-0.25, -0.2) is 4.79 Å². The van der Waals surface area contributed by atoms with Crippen LogP contribution in [-0.4, -0.2) is 29.8 Å². The maximum atomic E-state index is 11.9. The van der Waals surface area contributed by atoms with Gasteiger partial charge < -0.3 is 15.7 Å². The molecule has 0 spiro atoms. The van der Waals surface area contributed by atoms with E-state index in [0.29, 0.717) is 5.56 Å². The molecule has 0 fully saturated rings. The Morgan fingerprint density at radius 2 is 1.80 bits per heavy atom. The quantitative estimate of drug-likeness (QED) is 0.776. The Morgan fingerprint density at radius 3 is 2.30 bits per heavy atom. The van der Waals surface area contributed by atoms with Crippen molar-refractivity contribution in [1.29, 1.82) is 0 Å². The SMILES string of the molecule is O=C(O)CC(NC(=O)NCC(F)(F)F)c1ccccc1. The normalized spacial score (nSPS) is 12.6. The highest BCUT2D eigenvalue weighted by Crippen LogP contribution is 2.16. The maximum Gasteiger partial charge on any atom is 0.405 e. The van der Waals surface area contributed by atoms with Crippen LogP contribution in [0.5, 0.6) is 0 Å². The highest BCUT2D eigenvalue weighted by atomic mass is 19.4. The van der Waals surface area contributed by atoms with Crippen LogP contribution in [-0.2, 0) is 4.79 Å². The number of benzene rings is 1. The highest BCUT2D eigenvalue weighted by Gasteiger charge is 2.28. The van der Waals surface area contributed by atoms with Crippen molar-refractivity contribution < 1.29 is 27.9 Å². The monoisotopic (exact) mass is 290 g/mol. The van der Waals surface area contributed by atoms with Crippen LogP contribution in [0.3, 0.4) is 0 Å². The van der Waals surface area contributed by atoms with Gasteiger partial charge in [-0.15, -0.1) is 0 Å². The fourth-order valence-electron chi connectivity index (χ4n) is 1.50. The molecule has 0 aliphatic heterocycles. The van der Waals surface area contributed by atoms with Crippen LogP contribution in [0.1, 0.15) is 18.0 Å². The Labute approximate surface area is 112 Å². The van der Waals surface area contributed by atoms with Gasteiger partial charge in [-0.3, -0.25) is 4.79 Å². The minimum absolute atomic E-state index is 0.427. The number of carboxylic acids is 1. The third kappa shape index (κ3) is 6.07. The average molecular weight is 290 g/mol. The second kappa shape index (κ2) is 6.78. The molecule has 0 aromatic heterocycles. The molecule has 3 N–H and O–H groups in total. The Kier molecular flexibility index (Phi) is 5.36. The predicted molar refractivity (Wildman–Crippen MR) is 64.0 cm³/mol. The molecule has 0 heterocycles. The second-order valence-electron chi connectivity index (χ2n) is 4.00. The lowest BCUT2D eigenvalue weighted by atomic mass is 10.0. The van der Waals surface area contributed by atoms with E-state index in [4.69, 9.17) is 5.11 Å². The highest BCUT2D eigenvalue weighted by molar-refractivity contribution is 5.76. The van der Waals surface area contributed by atoms with Crippen LogP contribution in [0, 0.1) is 0 Å². The predicted octanol–water partition coefficient (Wildman–Crippen LogP) is 2.06. The van der Waals surface area contributed by atoms with E-state index < -0.39 is 37.2 Å². The van der Waals surface area contributed by atoms with Crippen molar-refractivity contribution in [1.82, 2.24) is 10.6 Å². The number of rotatable bonds is 5. The molecule has 8 heteroatoms. The van der Waals surface area contributed by atoms with Gasteiger partial charge in [-0.05, 0) is 5.56 Å². The van der Waals surface area contributed by atoms with Crippen molar-refractivity contribution >= 4 is 12.0 Å². The molecular formula is C12H13F3N2O3. The van der Waals surface area contributed by atoms with E-state index in [1.807, 2.05) is 0 Å². The first-order valence-corrected chi connectivity index (χ1v) is 5.66. The molecule has 0 aliphatic rings. The van der Waals surface area contributed by atoms with Gasteiger partial charge in [0.1, 0.15) is 6.54 Å². The molecule has 20 heavy (non-hydrogen) atoms. The summed E-state index contributed by atoms with van der Waals surface area (Å²) in [7, 11) is 0. The summed E-state index contributed by atoms with van der Waals surface area (Å²) >= 11 is 0. The summed E-state index contributed by atoms with van der Waals surface area (Å²) in [6, 6.07) is 6.17. The lowest BCUT2D eigenvalue weighted by molar-refractivity contribution is -0.137. The largest absolute Gasteiger partial charge is 0.481 e. The molecule has 5 nitrogen and oxygen atoms in total. The smallest absolute Gasteiger partial charge is 0.405 e. The first-order valence-electron chi connectivity index (χ1n) is 5.66. The average Bonchev–Trinajstić information content (AvgIpc) is 2.35. The fourth-order valence-corrected chi connectivity index (χ4v) is 1.50. The molecule has 0 aliphatic carbocycles. The number of aliphatic carboxylic acids is 1. The Bertz CT molecular complexity index is 463. The number of hydrogen-bond donors (Lipinski definition) is 3. The van der Waals surface area contributed by atoms with E-state index in [0.717, 1.165) is 0 Å². The Balaban J connectivity index is 2.66. The number of halogens is 3. The molecule has 2 amide bonds. The van der Waals surface area contributed by atoms with E-state index in [9.17, 15) is 22.8 Å². The number of carbonyl (C=O) groups is 2. The molecular weight excluding hydrogens is 277 g/mol. The lowest BCUT2D eigenvalue weighted by Gasteiger charge is -2.18. The van der Waals surface area contributed by atoms with Crippen molar-refractivity contribution in [2.75, 3.05) is 6.54 Å². The van der Waals surface area contributed by atoms with Crippen LogP contribution in [0.25, 0.3) is 0 Å². The first-order chi connectivity index (χ1) is 9.28. The molecule has 1 aromatic carbocycles. The van der Waals surface area contributed by atoms with Crippen molar-refractivity contribution in [3.63, 3.8) is 0 Å². The minimum Gasteiger partial charge on any atom is -0.481 e. The van der Waals surface area contributed by atoms with Gasteiger partial charge in [-0.2, -0.15) is 13.2 Å². The van der Waals surface area contributed by atoms with Crippen LogP contribution in [0.15, 0.2) is 30.3 Å². The molecule has 0 saturated carbocycles. The zero-order valence-electron chi connectivity index (χ0n) is 10.3. The summed E-state index contributed by atoms with van der Waals surface area (Å²) < 4.78 is 35.8. The summed E-state index contributed by atoms with van der Waals surface area (Å²) in [5.74, 6) is -1.17. The number of urea groups is 1. The van der Waals surface area contributed by atoms with Crippen molar-refractivity contribution in [2.45, 2.75) is 18.6 Å². The summed E-state index contributed by atoms with van der Waals surface area (Å²) in [5.41, 5.74) is 0.497. The Hall–Kier alpha value is -2.25. The first kappa shape index (κ1) is 15.8. The third-order valence-corrected chi connectivity index (χ3v) is 2.34. The van der Waals surface area contributed by atoms with Crippen molar-refractivity contribution in [2.24, 2.45) is 0 Å². The van der Waals surface area contributed by atoms with Gasteiger partial charge in [0.15, 0.2) is 0 Å². The Morgan fingerprint density at radius 1 is 1.20 bits per heavy atom. The molecule has 1 aromatic rings. The van der Waals surface area contributed by atoms with Crippen molar-refractivity contribution in [3.05, 3.63) is 35.9 Å². The molecule has 110 valence electrons. The number of alkyl halides is 3. The molecule has 0 saturated heterocycles. The number of nitrogens with one attached hydrogen (secondary N) is 2. The zero-order chi connectivity index (χ0) is 15.2. The van der Waals surface area contributed by atoms with Gasteiger partial charge in [0.25, 0.3) is 0 Å². The third-order valence-electron chi connectivity index (χ3n) is 2.34. The van der Waals surface area contributed by atoms with Crippen LogP contribution < -0.4 is 10.6 Å². The van der Waals surface area contributed by atoms with E-state index in [2.05, 4.69) is 5.32 Å². The minimum atomic E-state index is -4.52. The summed E-state index contributed by atoms with van der Waals surface area (Å²) in [6.45, 7) is -1.48. The van der Waals surface area contributed by atoms with Crippen LogP contribution in [0.2, 0.25) is 0 Å². The molecule has 1 unspecified atom stereocenters. The standard InChI is InChI=1S/C12H13F3N2O3/c13-12(14,15)7-16-11(20)17-9(6-10(18)19)8-4-2-1-3-5-8/h1-5,9H,6-7H2,(H,18,19)(H2,16,17,20). The molecule has 0 radical (unpaired) electrons. The van der Waals surface area contributed by atoms with Crippen LogP contribution >= 0.6 is 0 Å². The summed E-state index contributed by atoms with van der Waals surface area (Å²) in [6.07, 6.45) is -4.95. The van der Waals surface area contributed by atoms with E-state index >= 15 is 0 Å². The van der Waals surface area contributed by atoms with Gasteiger partial charge in [0.2, 0.25) is 0 Å². The van der Waals surface area contributed by atoms with Crippen LogP contribution in [0.4, 0.5) is 18.0 Å². The topological polar surface area (TPSA) is 78.4 Å². The van der Waals surface area contributed by atoms with Crippen molar-refractivity contribution in [3.8, 4) is 0 Å². The molecule has 0 bridgehead atoms. The molecule has 1 atom stereocenters. The summed E-state index contributed by atoms with van der Waals surface area (Å²) in [4.78, 5) is 22.1. The fraction of sp³-hybridized carbons (Fsp3) is 0.333. The lowest BCUT2D eigenvalue weighted by Crippen LogP contribution is -2.42. The number of carbonyl (C=O) groups excluding carboxylic acids is 1. The zero-order valence-corrected chi connectivity index (χ0v) is 10.3. The maximum absolute atomic E-state index is 11.9. The summed E-state index contributed by atoms with van der Waals surface area (Å²) in [5, 5.41) is 12.6. The number of hydrogen-bond acceptors (Lipinski definition) is 2. The van der Waals surface area contributed by atoms with E-state index in [1.54, 1.807) is 35.6 Å². The molecule has 1 rings (SSSR count). The second-order valence-corrected chi connectivity index (χ2v) is 4.00. The number of carboxylic acid groups (broad SMARTS) is 1. The number of amides is 2.